The van der Waals surface area contributed by atoms with Gasteiger partial charge in [0.05, 0.1) is 11.0 Å². The van der Waals surface area contributed by atoms with Crippen molar-refractivity contribution >= 4 is 0 Å². The summed E-state index contributed by atoms with van der Waals surface area (Å²) in [6, 6.07) is 0. The first-order valence-corrected chi connectivity index (χ1v) is 2.35. The third-order valence-electron chi connectivity index (χ3n) is 0.709. The number of hydrogen-bond acceptors (Lipinski definition) is 2. The second kappa shape index (κ2) is 3.31. The lowest BCUT2D eigenvalue weighted by molar-refractivity contribution is -0.403. The fraction of sp³-hybridized carbons (Fsp3) is 0.500. The zero-order valence-electron chi connectivity index (χ0n) is 5.01. The summed E-state index contributed by atoms with van der Waals surface area (Å²) in [6.07, 6.45) is -4.58. The summed E-state index contributed by atoms with van der Waals surface area (Å²) in [7, 11) is 0. The Balaban J connectivity index is 4.23. The monoisotopic (exact) mass is 173 g/mol. The van der Waals surface area contributed by atoms with Gasteiger partial charge >= 0.3 is 12.3 Å². The molecule has 0 fully saturated rings. The van der Waals surface area contributed by atoms with Gasteiger partial charge in [-0.2, -0.15) is 8.78 Å². The van der Waals surface area contributed by atoms with Crippen LogP contribution in [0.3, 0.4) is 0 Å². The Kier molecular flexibility index (Phi) is 2.97. The van der Waals surface area contributed by atoms with Gasteiger partial charge in [-0.1, -0.05) is 0 Å². The van der Waals surface area contributed by atoms with Gasteiger partial charge in [0.1, 0.15) is 0 Å². The fourth-order valence-corrected chi connectivity index (χ4v) is 0.233. The second-order valence-corrected chi connectivity index (χ2v) is 1.58. The summed E-state index contributed by atoms with van der Waals surface area (Å²) in [6.45, 7) is 0. The molecule has 0 spiro atoms. The Hall–Kier alpha value is -1.14. The molecule has 0 heterocycles. The normalized spacial score (nSPS) is 12.8. The van der Waals surface area contributed by atoms with Crippen LogP contribution in [0.4, 0.5) is 17.6 Å². The lowest BCUT2D eigenvalue weighted by Gasteiger charge is -2.06. The van der Waals surface area contributed by atoms with Gasteiger partial charge in [-0.05, 0) is 0 Å². The molecule has 0 N–H and O–H groups in total. The molecule has 0 amide bonds. The average molecular weight is 173 g/mol. The van der Waals surface area contributed by atoms with E-state index in [-0.39, 0.29) is 6.20 Å². The van der Waals surface area contributed by atoms with Gasteiger partial charge in [-0.3, -0.25) is 10.1 Å². The molecule has 0 atom stereocenters. The molecule has 64 valence electrons. The topological polar surface area (TPSA) is 43.1 Å². The van der Waals surface area contributed by atoms with E-state index in [1.165, 1.54) is 0 Å². The fourth-order valence-electron chi connectivity index (χ4n) is 0.233. The highest BCUT2D eigenvalue weighted by Crippen LogP contribution is 2.23. The molecule has 0 bridgehead atoms. The quantitative estimate of drug-likeness (QED) is 0.370. The maximum Gasteiger partial charge on any atom is 0.332 e. The number of rotatable bonds is 3. The van der Waals surface area contributed by atoms with Crippen LogP contribution in [0.5, 0.6) is 0 Å². The van der Waals surface area contributed by atoms with Gasteiger partial charge in [0.25, 0.3) is 0 Å². The number of nitrogens with zero attached hydrogens (tertiary/aromatic N) is 1. The van der Waals surface area contributed by atoms with E-state index < -0.39 is 23.3 Å². The minimum Gasteiger partial charge on any atom is -0.259 e. The van der Waals surface area contributed by atoms with E-state index in [9.17, 15) is 27.7 Å². The summed E-state index contributed by atoms with van der Waals surface area (Å²) in [5.74, 6) is -4.42. The number of nitro groups is 1. The molecule has 0 aliphatic heterocycles. The first-order chi connectivity index (χ1) is 4.86. The zero-order chi connectivity index (χ0) is 9.07. The van der Waals surface area contributed by atoms with Gasteiger partial charge in [0.2, 0.25) is 6.20 Å². The molecule has 0 aliphatic rings. The molecule has 3 nitrogen and oxygen atoms in total. The molecule has 0 saturated heterocycles. The van der Waals surface area contributed by atoms with E-state index in [4.69, 9.17) is 0 Å². The highest BCUT2D eigenvalue weighted by Gasteiger charge is 2.38. The Morgan fingerprint density at radius 2 is 1.91 bits per heavy atom. The van der Waals surface area contributed by atoms with Crippen LogP contribution >= 0.6 is 0 Å². The first-order valence-electron chi connectivity index (χ1n) is 2.35. The number of allylic oxidation sites excluding steroid dienone is 1. The third-order valence-corrected chi connectivity index (χ3v) is 0.709. The molecule has 11 heavy (non-hydrogen) atoms. The molecule has 0 radical (unpaired) electrons. The van der Waals surface area contributed by atoms with Crippen LogP contribution in [0.25, 0.3) is 0 Å². The Bertz CT molecular complexity index is 179. The second-order valence-electron chi connectivity index (χ2n) is 1.58. The summed E-state index contributed by atoms with van der Waals surface area (Å²) in [5.41, 5.74) is 0. The Morgan fingerprint density at radius 3 is 2.18 bits per heavy atom. The highest BCUT2D eigenvalue weighted by atomic mass is 19.3. The average Bonchev–Trinajstić information content (AvgIpc) is 1.84. The van der Waals surface area contributed by atoms with Crippen LogP contribution in [0, 0.1) is 10.1 Å². The van der Waals surface area contributed by atoms with Crippen LogP contribution in [0.15, 0.2) is 12.3 Å². The van der Waals surface area contributed by atoms with E-state index in [1.807, 2.05) is 0 Å². The third kappa shape index (κ3) is 3.54. The maximum absolute atomic E-state index is 11.8. The molecule has 0 rings (SSSR count). The predicted molar refractivity (Wildman–Crippen MR) is 27.1 cm³/mol. The maximum atomic E-state index is 11.8. The molecular weight excluding hydrogens is 170 g/mol. The lowest BCUT2D eigenvalue weighted by atomic mass is 10.3. The van der Waals surface area contributed by atoms with E-state index in [1.54, 1.807) is 0 Å². The molecule has 0 unspecified atom stereocenters. The van der Waals surface area contributed by atoms with Crippen molar-refractivity contribution in [3.8, 4) is 0 Å². The number of halogens is 4. The van der Waals surface area contributed by atoms with Crippen LogP contribution < -0.4 is 0 Å². The van der Waals surface area contributed by atoms with Crippen molar-refractivity contribution in [2.45, 2.75) is 12.3 Å². The highest BCUT2D eigenvalue weighted by molar-refractivity contribution is 4.91. The summed E-state index contributed by atoms with van der Waals surface area (Å²) >= 11 is 0. The smallest absolute Gasteiger partial charge is 0.259 e. The van der Waals surface area contributed by atoms with Crippen molar-refractivity contribution in [1.82, 2.24) is 0 Å². The number of alkyl halides is 4. The van der Waals surface area contributed by atoms with Crippen LogP contribution in [0.1, 0.15) is 0 Å². The predicted octanol–water partition coefficient (Wildman–Crippen LogP) is 1.68. The molecule has 7 heteroatoms. The Morgan fingerprint density at radius 1 is 1.45 bits per heavy atom. The van der Waals surface area contributed by atoms with Gasteiger partial charge in [-0.25, -0.2) is 8.78 Å². The molecule has 0 aromatic carbocycles. The Labute approximate surface area is 58.5 Å². The van der Waals surface area contributed by atoms with Gasteiger partial charge < -0.3 is 0 Å². The largest absolute Gasteiger partial charge is 0.332 e. The van der Waals surface area contributed by atoms with Crippen molar-refractivity contribution in [2.75, 3.05) is 0 Å². The van der Waals surface area contributed by atoms with E-state index >= 15 is 0 Å². The number of hydrogen-bond donors (Lipinski definition) is 0. The summed E-state index contributed by atoms with van der Waals surface area (Å²) < 4.78 is 46.0. The van der Waals surface area contributed by atoms with Crippen LogP contribution in [-0.2, 0) is 0 Å². The zero-order valence-corrected chi connectivity index (χ0v) is 5.01. The van der Waals surface area contributed by atoms with Crippen molar-refractivity contribution in [3.05, 3.63) is 22.4 Å². The van der Waals surface area contributed by atoms with Gasteiger partial charge in [0.15, 0.2) is 0 Å². The van der Waals surface area contributed by atoms with Crippen LogP contribution in [0.2, 0.25) is 0 Å². The molecule has 0 saturated carbocycles. The summed E-state index contributed by atoms with van der Waals surface area (Å²) in [5, 5.41) is 9.41. The van der Waals surface area contributed by atoms with Crippen molar-refractivity contribution in [3.63, 3.8) is 0 Å². The minimum atomic E-state index is -4.42. The molecule has 0 aromatic heterocycles. The van der Waals surface area contributed by atoms with E-state index in [2.05, 4.69) is 0 Å². The first kappa shape index (κ1) is 9.86. The van der Waals surface area contributed by atoms with E-state index in [0.717, 1.165) is 0 Å². The molecule has 0 aliphatic carbocycles. The SMILES string of the molecule is O=[N+]([O-])/C=C/C(F)(F)C(F)F. The lowest BCUT2D eigenvalue weighted by Crippen LogP contribution is -2.23. The van der Waals surface area contributed by atoms with Crippen molar-refractivity contribution in [2.24, 2.45) is 0 Å². The minimum absolute atomic E-state index is 0.216. The van der Waals surface area contributed by atoms with Crippen molar-refractivity contribution < 1.29 is 22.5 Å². The van der Waals surface area contributed by atoms with E-state index in [0.29, 0.717) is 0 Å². The summed E-state index contributed by atoms with van der Waals surface area (Å²) in [4.78, 5) is 8.17. The van der Waals surface area contributed by atoms with Crippen molar-refractivity contribution in [1.29, 1.82) is 0 Å². The standard InChI is InChI=1S/C4H3F4NO2/c5-3(6)4(7,8)1-2-9(10)11/h1-3H/b2-1+. The van der Waals surface area contributed by atoms with Gasteiger partial charge in [-0.15, -0.1) is 0 Å². The van der Waals surface area contributed by atoms with Crippen LogP contribution in [-0.4, -0.2) is 17.3 Å². The molecule has 0 aromatic rings. The molecular formula is C4H3F4NO2. The van der Waals surface area contributed by atoms with Gasteiger partial charge in [0, 0.05) is 0 Å².